The Bertz CT molecular complexity index is 535. The molecule has 0 radical (unpaired) electrons. The Kier molecular flexibility index (Phi) is 4.19. The molecule has 0 spiro atoms. The molecular formula is C16H19NO3S. The van der Waals surface area contributed by atoms with E-state index in [4.69, 9.17) is 5.11 Å². The van der Waals surface area contributed by atoms with Gasteiger partial charge < -0.3 is 10.0 Å². The van der Waals surface area contributed by atoms with Crippen molar-refractivity contribution >= 4 is 23.6 Å². The quantitative estimate of drug-likeness (QED) is 0.925. The van der Waals surface area contributed by atoms with Gasteiger partial charge in [-0.3, -0.25) is 9.59 Å². The molecule has 3 rings (SSSR count). The van der Waals surface area contributed by atoms with Gasteiger partial charge in [0.05, 0.1) is 12.5 Å². The van der Waals surface area contributed by atoms with Crippen LogP contribution in [0.1, 0.15) is 17.5 Å². The van der Waals surface area contributed by atoms with Gasteiger partial charge in [-0.2, -0.15) is 11.8 Å². The molecule has 0 bridgehead atoms. The number of aliphatic carboxylic acids is 1. The maximum atomic E-state index is 12.8. The standard InChI is InChI=1S/C16H19NO3S/c18-15(19)9-14-10-21-6-5-17(14)16(20)13-7-11-3-1-2-4-12(11)8-13/h1-4,13-14H,5-10H2,(H,18,19). The molecule has 1 amide bonds. The lowest BCUT2D eigenvalue weighted by molar-refractivity contribution is -0.142. The fourth-order valence-electron chi connectivity index (χ4n) is 3.28. The van der Waals surface area contributed by atoms with E-state index in [2.05, 4.69) is 12.1 Å². The van der Waals surface area contributed by atoms with Gasteiger partial charge in [0, 0.05) is 24.0 Å². The topological polar surface area (TPSA) is 57.6 Å². The van der Waals surface area contributed by atoms with Crippen molar-refractivity contribution in [1.29, 1.82) is 0 Å². The average molecular weight is 305 g/mol. The SMILES string of the molecule is O=C(O)CC1CSCCN1C(=O)C1Cc2ccccc2C1. The van der Waals surface area contributed by atoms with Crippen molar-refractivity contribution in [3.8, 4) is 0 Å². The number of fused-ring (bicyclic) bond motifs is 1. The molecule has 1 aromatic carbocycles. The van der Waals surface area contributed by atoms with Crippen molar-refractivity contribution in [2.24, 2.45) is 5.92 Å². The molecular weight excluding hydrogens is 286 g/mol. The normalized spacial score (nSPS) is 22.1. The van der Waals surface area contributed by atoms with E-state index >= 15 is 0 Å². The Morgan fingerprint density at radius 3 is 2.52 bits per heavy atom. The summed E-state index contributed by atoms with van der Waals surface area (Å²) in [5.41, 5.74) is 2.52. The lowest BCUT2D eigenvalue weighted by atomic mass is 10.0. The van der Waals surface area contributed by atoms with Gasteiger partial charge in [-0.15, -0.1) is 0 Å². The molecule has 1 aliphatic carbocycles. The summed E-state index contributed by atoms with van der Waals surface area (Å²) in [6.07, 6.45) is 1.63. The highest BCUT2D eigenvalue weighted by atomic mass is 32.2. The zero-order valence-corrected chi connectivity index (χ0v) is 12.6. The van der Waals surface area contributed by atoms with Crippen LogP contribution in [0, 0.1) is 5.92 Å². The summed E-state index contributed by atoms with van der Waals surface area (Å²) in [7, 11) is 0. The predicted octanol–water partition coefficient (Wildman–Crippen LogP) is 1.82. The first-order chi connectivity index (χ1) is 10.1. The predicted molar refractivity (Wildman–Crippen MR) is 82.4 cm³/mol. The van der Waals surface area contributed by atoms with Gasteiger partial charge >= 0.3 is 5.97 Å². The summed E-state index contributed by atoms with van der Waals surface area (Å²) in [4.78, 5) is 25.6. The van der Waals surface area contributed by atoms with Crippen LogP contribution in [0.3, 0.4) is 0 Å². The van der Waals surface area contributed by atoms with E-state index in [1.165, 1.54) is 11.1 Å². The van der Waals surface area contributed by atoms with Gasteiger partial charge in [0.1, 0.15) is 0 Å². The summed E-state index contributed by atoms with van der Waals surface area (Å²) in [6, 6.07) is 8.04. The van der Waals surface area contributed by atoms with Gasteiger partial charge in [-0.25, -0.2) is 0 Å². The third kappa shape index (κ3) is 3.07. The number of benzene rings is 1. The van der Waals surface area contributed by atoms with Crippen LogP contribution in [0.25, 0.3) is 0 Å². The van der Waals surface area contributed by atoms with Gasteiger partial charge in [-0.05, 0) is 24.0 Å². The number of hydrogen-bond donors (Lipinski definition) is 1. The number of carboxylic acids is 1. The number of amides is 1. The van der Waals surface area contributed by atoms with Crippen molar-refractivity contribution in [1.82, 2.24) is 4.90 Å². The highest BCUT2D eigenvalue weighted by Crippen LogP contribution is 2.30. The van der Waals surface area contributed by atoms with E-state index in [0.717, 1.165) is 24.3 Å². The van der Waals surface area contributed by atoms with Crippen LogP contribution in [0.15, 0.2) is 24.3 Å². The molecule has 1 atom stereocenters. The fourth-order valence-corrected chi connectivity index (χ4v) is 4.35. The highest BCUT2D eigenvalue weighted by molar-refractivity contribution is 7.99. The van der Waals surface area contributed by atoms with E-state index in [9.17, 15) is 9.59 Å². The van der Waals surface area contributed by atoms with E-state index in [-0.39, 0.29) is 24.3 Å². The monoisotopic (exact) mass is 305 g/mol. The lowest BCUT2D eigenvalue weighted by Crippen LogP contribution is -2.49. The molecule has 0 saturated carbocycles. The second-order valence-corrected chi connectivity index (χ2v) is 6.88. The minimum absolute atomic E-state index is 0.0122. The Balaban J connectivity index is 1.71. The van der Waals surface area contributed by atoms with Gasteiger partial charge in [0.25, 0.3) is 0 Å². The molecule has 5 heteroatoms. The van der Waals surface area contributed by atoms with E-state index in [1.54, 1.807) is 11.8 Å². The first-order valence-corrected chi connectivity index (χ1v) is 8.47. The molecule has 112 valence electrons. The van der Waals surface area contributed by atoms with Gasteiger partial charge in [0.2, 0.25) is 5.91 Å². The van der Waals surface area contributed by atoms with Gasteiger partial charge in [0.15, 0.2) is 0 Å². The second-order valence-electron chi connectivity index (χ2n) is 5.73. The van der Waals surface area contributed by atoms with E-state index in [0.29, 0.717) is 6.54 Å². The molecule has 4 nitrogen and oxygen atoms in total. The third-order valence-electron chi connectivity index (χ3n) is 4.32. The number of carboxylic acid groups (broad SMARTS) is 1. The average Bonchev–Trinajstić information content (AvgIpc) is 2.90. The molecule has 1 aliphatic heterocycles. The van der Waals surface area contributed by atoms with Crippen LogP contribution in [-0.2, 0) is 22.4 Å². The molecule has 1 fully saturated rings. The number of hydrogen-bond acceptors (Lipinski definition) is 3. The highest BCUT2D eigenvalue weighted by Gasteiger charge is 2.35. The van der Waals surface area contributed by atoms with Gasteiger partial charge in [-0.1, -0.05) is 24.3 Å². The summed E-state index contributed by atoms with van der Waals surface area (Å²) >= 11 is 1.74. The Morgan fingerprint density at radius 1 is 1.24 bits per heavy atom. The number of carbonyl (C=O) groups excluding carboxylic acids is 1. The van der Waals surface area contributed by atoms with Crippen molar-refractivity contribution in [3.05, 3.63) is 35.4 Å². The second kappa shape index (κ2) is 6.10. The number of nitrogens with zero attached hydrogens (tertiary/aromatic N) is 1. The first-order valence-electron chi connectivity index (χ1n) is 7.32. The third-order valence-corrected chi connectivity index (χ3v) is 5.41. The van der Waals surface area contributed by atoms with Crippen molar-refractivity contribution in [2.75, 3.05) is 18.1 Å². The number of rotatable bonds is 3. The van der Waals surface area contributed by atoms with Crippen LogP contribution in [-0.4, -0.2) is 46.0 Å². The maximum absolute atomic E-state index is 12.8. The van der Waals surface area contributed by atoms with E-state index in [1.807, 2.05) is 17.0 Å². The minimum atomic E-state index is -0.824. The molecule has 1 N–H and O–H groups in total. The zero-order chi connectivity index (χ0) is 14.8. The Labute approximate surface area is 128 Å². The number of thioether (sulfide) groups is 1. The zero-order valence-electron chi connectivity index (χ0n) is 11.8. The Morgan fingerprint density at radius 2 is 1.90 bits per heavy atom. The number of carbonyl (C=O) groups is 2. The smallest absolute Gasteiger partial charge is 0.305 e. The fraction of sp³-hybridized carbons (Fsp3) is 0.500. The van der Waals surface area contributed by atoms with Crippen LogP contribution in [0.4, 0.5) is 0 Å². The molecule has 21 heavy (non-hydrogen) atoms. The minimum Gasteiger partial charge on any atom is -0.481 e. The van der Waals surface area contributed by atoms with Crippen LogP contribution < -0.4 is 0 Å². The summed E-state index contributed by atoms with van der Waals surface area (Å²) < 4.78 is 0. The van der Waals surface area contributed by atoms with Crippen molar-refractivity contribution < 1.29 is 14.7 Å². The lowest BCUT2D eigenvalue weighted by Gasteiger charge is -2.36. The van der Waals surface area contributed by atoms with Crippen LogP contribution >= 0.6 is 11.8 Å². The summed E-state index contributed by atoms with van der Waals surface area (Å²) in [6.45, 7) is 0.675. The molecule has 0 aromatic heterocycles. The van der Waals surface area contributed by atoms with Crippen molar-refractivity contribution in [2.45, 2.75) is 25.3 Å². The van der Waals surface area contributed by atoms with Crippen molar-refractivity contribution in [3.63, 3.8) is 0 Å². The molecule has 1 aromatic rings. The molecule has 1 unspecified atom stereocenters. The van der Waals surface area contributed by atoms with Crippen LogP contribution in [0.2, 0.25) is 0 Å². The summed E-state index contributed by atoms with van der Waals surface area (Å²) in [5.74, 6) is 0.939. The van der Waals surface area contributed by atoms with E-state index < -0.39 is 5.97 Å². The molecule has 1 heterocycles. The molecule has 2 aliphatic rings. The largest absolute Gasteiger partial charge is 0.481 e. The molecule has 1 saturated heterocycles. The van der Waals surface area contributed by atoms with Crippen LogP contribution in [0.5, 0.6) is 0 Å². The first kappa shape index (κ1) is 14.4. The summed E-state index contributed by atoms with van der Waals surface area (Å²) in [5, 5.41) is 9.03. The Hall–Kier alpha value is -1.49. The maximum Gasteiger partial charge on any atom is 0.305 e.